The molecule has 4 rings (SSSR count). The monoisotopic (exact) mass is 670 g/mol. The first-order valence-corrected chi connectivity index (χ1v) is 13.2. The molecule has 0 fully saturated rings. The molecule has 2 aromatic carbocycles. The summed E-state index contributed by atoms with van der Waals surface area (Å²) in [4.78, 5) is 71.5. The van der Waals surface area contributed by atoms with Crippen molar-refractivity contribution in [3.63, 3.8) is 0 Å². The lowest BCUT2D eigenvalue weighted by Gasteiger charge is -2.10. The van der Waals surface area contributed by atoms with Gasteiger partial charge in [0.25, 0.3) is 17.4 Å². The molecular weight excluding hydrogens is 654 g/mol. The summed E-state index contributed by atoms with van der Waals surface area (Å²) in [6.45, 7) is 5.36. The highest BCUT2D eigenvalue weighted by Crippen LogP contribution is 2.28. The number of aromatic amines is 1. The molecule has 0 radical (unpaired) electrons. The maximum atomic E-state index is 12.2. The molecule has 0 unspecified atom stereocenters. The van der Waals surface area contributed by atoms with Crippen molar-refractivity contribution < 1.29 is 33.8 Å². The largest absolute Gasteiger partial charge is 0.472 e. The van der Waals surface area contributed by atoms with Gasteiger partial charge in [0.15, 0.2) is 11.4 Å². The van der Waals surface area contributed by atoms with Crippen molar-refractivity contribution in [1.82, 2.24) is 30.6 Å². The van der Waals surface area contributed by atoms with E-state index in [0.29, 0.717) is 11.0 Å². The van der Waals surface area contributed by atoms with Gasteiger partial charge in [0.05, 0.1) is 48.8 Å². The van der Waals surface area contributed by atoms with Gasteiger partial charge < -0.3 is 19.6 Å². The van der Waals surface area contributed by atoms with Crippen LogP contribution in [-0.2, 0) is 4.74 Å². The van der Waals surface area contributed by atoms with E-state index < -0.39 is 35.3 Å². The maximum absolute atomic E-state index is 12.2. The Balaban J connectivity index is 0.000000242. The summed E-state index contributed by atoms with van der Waals surface area (Å²) >= 11 is 23.5. The average Bonchev–Trinajstić information content (AvgIpc) is 2.93. The first-order valence-electron chi connectivity index (χ1n) is 11.7. The number of rotatable bonds is 6. The van der Waals surface area contributed by atoms with Gasteiger partial charge in [-0.15, -0.1) is 0 Å². The first-order chi connectivity index (χ1) is 20.3. The Hall–Kier alpha value is -4.50. The van der Waals surface area contributed by atoms with Crippen molar-refractivity contribution in [3.8, 4) is 5.88 Å². The van der Waals surface area contributed by atoms with Crippen LogP contribution >= 0.6 is 46.4 Å². The van der Waals surface area contributed by atoms with E-state index in [1.54, 1.807) is 6.92 Å². The molecule has 2 heterocycles. The Morgan fingerprint density at radius 2 is 1.42 bits per heavy atom. The molecule has 4 amide bonds. The molecule has 18 heteroatoms. The minimum Gasteiger partial charge on any atom is -0.472 e. The van der Waals surface area contributed by atoms with Crippen LogP contribution in [0.25, 0.3) is 22.1 Å². The second-order valence-electron chi connectivity index (χ2n) is 7.86. The number of ether oxygens (including phenoxy) is 2. The number of halogens is 4. The number of alkyl carbamates (subject to hydrolysis) is 1. The quantitative estimate of drug-likeness (QED) is 0.200. The van der Waals surface area contributed by atoms with Crippen molar-refractivity contribution in [2.45, 2.75) is 6.92 Å². The van der Waals surface area contributed by atoms with Crippen LogP contribution in [0.15, 0.2) is 41.7 Å². The molecule has 0 spiro atoms. The number of amides is 4. The fourth-order valence-electron chi connectivity index (χ4n) is 3.13. The van der Waals surface area contributed by atoms with E-state index in [1.807, 2.05) is 5.32 Å². The van der Waals surface area contributed by atoms with Gasteiger partial charge in [0.2, 0.25) is 5.88 Å². The number of nitrogens with one attached hydrogen (secondary N) is 3. The molecule has 0 aliphatic heterocycles. The second-order valence-corrected chi connectivity index (χ2v) is 9.49. The van der Waals surface area contributed by atoms with E-state index in [1.165, 1.54) is 35.7 Å². The Morgan fingerprint density at radius 1 is 0.884 bits per heavy atom. The summed E-state index contributed by atoms with van der Waals surface area (Å²) in [6, 6.07) is 5.70. The van der Waals surface area contributed by atoms with Crippen molar-refractivity contribution in [2.24, 2.45) is 0 Å². The van der Waals surface area contributed by atoms with Crippen LogP contribution < -0.4 is 20.9 Å². The summed E-state index contributed by atoms with van der Waals surface area (Å²) in [7, 11) is 0. The number of hydrogen-bond donors (Lipinski definition) is 4. The fraction of sp³-hybridized carbons (Fsp3) is 0.120. The summed E-state index contributed by atoms with van der Waals surface area (Å²) in [5.41, 5.74) is -0.384. The minimum absolute atomic E-state index is 0.0670. The number of carboxylic acid groups (broad SMARTS) is 1. The lowest BCUT2D eigenvalue weighted by Crippen LogP contribution is -2.34. The third-order valence-corrected chi connectivity index (χ3v) is 6.33. The van der Waals surface area contributed by atoms with Crippen LogP contribution in [0.1, 0.15) is 27.9 Å². The number of benzene rings is 2. The number of carbonyl (C=O) groups is 4. The first kappa shape index (κ1) is 33.0. The molecule has 2 aromatic heterocycles. The summed E-state index contributed by atoms with van der Waals surface area (Å²) in [6.07, 6.45) is -0.998. The molecule has 224 valence electrons. The number of H-pyrrole nitrogens is 1. The molecule has 4 N–H and O–H groups in total. The summed E-state index contributed by atoms with van der Waals surface area (Å²) in [5, 5.41) is 12.9. The number of imide groups is 2. The van der Waals surface area contributed by atoms with E-state index in [2.05, 4.69) is 31.3 Å². The van der Waals surface area contributed by atoms with Gasteiger partial charge in [-0.3, -0.25) is 25.0 Å². The third kappa shape index (κ3) is 8.51. The highest BCUT2D eigenvalue weighted by Gasteiger charge is 2.21. The van der Waals surface area contributed by atoms with Crippen LogP contribution in [0.5, 0.6) is 5.88 Å². The zero-order chi connectivity index (χ0) is 31.8. The summed E-state index contributed by atoms with van der Waals surface area (Å²) in [5.74, 6) is -2.00. The van der Waals surface area contributed by atoms with Gasteiger partial charge in [0, 0.05) is 0 Å². The van der Waals surface area contributed by atoms with Gasteiger partial charge >= 0.3 is 12.2 Å². The van der Waals surface area contributed by atoms with Crippen LogP contribution in [0.4, 0.5) is 9.59 Å². The number of hydrogen-bond acceptors (Lipinski definition) is 10. The Kier molecular flexibility index (Phi) is 11.2. The molecule has 43 heavy (non-hydrogen) atoms. The summed E-state index contributed by atoms with van der Waals surface area (Å²) < 4.78 is 10.0. The Labute approximate surface area is 260 Å². The van der Waals surface area contributed by atoms with E-state index in [-0.39, 0.29) is 55.9 Å². The minimum atomic E-state index is -1.58. The zero-order valence-corrected chi connectivity index (χ0v) is 24.7. The maximum Gasteiger partial charge on any atom is 0.414 e. The number of carbonyl (C=O) groups excluding carboxylic acids is 3. The lowest BCUT2D eigenvalue weighted by atomic mass is 10.2. The molecule has 4 aromatic rings. The molecule has 0 bridgehead atoms. The molecule has 14 nitrogen and oxygen atoms in total. The average molecular weight is 672 g/mol. The molecular formula is C25H18Cl4N6O8. The normalized spacial score (nSPS) is 10.3. The van der Waals surface area contributed by atoms with Gasteiger partial charge in [-0.1, -0.05) is 59.1 Å². The Morgan fingerprint density at radius 3 is 2.00 bits per heavy atom. The van der Waals surface area contributed by atoms with Crippen LogP contribution in [0, 0.1) is 0 Å². The molecule has 0 atom stereocenters. The predicted octanol–water partition coefficient (Wildman–Crippen LogP) is 5.03. The topological polar surface area (TPSA) is 203 Å². The molecule has 0 saturated heterocycles. The van der Waals surface area contributed by atoms with E-state index in [0.717, 1.165) is 0 Å². The third-order valence-electron chi connectivity index (χ3n) is 4.89. The predicted molar refractivity (Wildman–Crippen MR) is 158 cm³/mol. The van der Waals surface area contributed by atoms with Gasteiger partial charge in [-0.2, -0.15) is 0 Å². The van der Waals surface area contributed by atoms with E-state index in [9.17, 15) is 24.0 Å². The molecule has 0 aliphatic rings. The number of fused-ring (bicyclic) bond motifs is 2. The fourth-order valence-corrected chi connectivity index (χ4v) is 3.77. The highest BCUT2D eigenvalue weighted by molar-refractivity contribution is 6.43. The molecule has 0 saturated carbocycles. The van der Waals surface area contributed by atoms with E-state index in [4.69, 9.17) is 56.2 Å². The van der Waals surface area contributed by atoms with E-state index >= 15 is 0 Å². The van der Waals surface area contributed by atoms with Crippen molar-refractivity contribution in [3.05, 3.63) is 78.8 Å². The number of nitrogens with zero attached hydrogens (tertiary/aromatic N) is 3. The molecule has 0 aliphatic carbocycles. The van der Waals surface area contributed by atoms with Gasteiger partial charge in [-0.05, 0) is 31.2 Å². The van der Waals surface area contributed by atoms with Crippen molar-refractivity contribution in [2.75, 3.05) is 13.2 Å². The SMILES string of the molecule is C=CCOc1nc2cc(Cl)c(Cl)cc2nc1C(=O)NC(=O)OCC.O=C(O)NC(=O)c1nc2cc(Cl)c(Cl)cc2[nH]c1=O. The van der Waals surface area contributed by atoms with Crippen LogP contribution in [0.2, 0.25) is 20.1 Å². The van der Waals surface area contributed by atoms with Gasteiger partial charge in [0.1, 0.15) is 6.61 Å². The van der Waals surface area contributed by atoms with Crippen LogP contribution in [-0.4, -0.2) is 62.3 Å². The Bertz CT molecular complexity index is 1830. The number of aromatic nitrogens is 4. The van der Waals surface area contributed by atoms with Crippen molar-refractivity contribution >= 4 is 92.5 Å². The lowest BCUT2D eigenvalue weighted by molar-refractivity contribution is 0.0911. The van der Waals surface area contributed by atoms with Crippen molar-refractivity contribution in [1.29, 1.82) is 0 Å². The van der Waals surface area contributed by atoms with Gasteiger partial charge in [-0.25, -0.2) is 24.5 Å². The zero-order valence-electron chi connectivity index (χ0n) is 21.7. The second kappa shape index (κ2) is 14.6. The van der Waals surface area contributed by atoms with Crippen LogP contribution in [0.3, 0.4) is 0 Å². The standard InChI is InChI=1S/C15H13Cl2N3O4.C10H5Cl2N3O4/c1-3-5-24-14-12(13(21)20-15(22)23-4-2)18-10-6-8(16)9(17)7-11(10)19-14;11-3-1-5-6(2-4(3)12)14-8(16)7(13-5)9(17)15-10(18)19/h3,6-7H,1,4-5H2,2H3,(H,20,21,22);1-2H,(H,14,16)(H,15,17)(H,18,19). The smallest absolute Gasteiger partial charge is 0.414 e. The highest BCUT2D eigenvalue weighted by atomic mass is 35.5.